The van der Waals surface area contributed by atoms with Crippen molar-refractivity contribution in [3.63, 3.8) is 0 Å². The van der Waals surface area contributed by atoms with Gasteiger partial charge >= 0.3 is 7.60 Å². The topological polar surface area (TPSA) is 83.5 Å². The Morgan fingerprint density at radius 3 is 2.11 bits per heavy atom. The van der Waals surface area contributed by atoms with E-state index in [1.807, 2.05) is 43.3 Å². The lowest BCUT2D eigenvalue weighted by molar-refractivity contribution is 0.387. The van der Waals surface area contributed by atoms with E-state index in [0.717, 1.165) is 17.7 Å². The molecular formula is C14H18NO3P. The second-order valence-electron chi connectivity index (χ2n) is 3.98. The van der Waals surface area contributed by atoms with Crippen LogP contribution in [0.4, 0.5) is 5.69 Å². The molecule has 0 amide bonds. The van der Waals surface area contributed by atoms with Gasteiger partial charge in [-0.2, -0.15) is 0 Å². The molecule has 0 fully saturated rings. The van der Waals surface area contributed by atoms with Gasteiger partial charge in [-0.15, -0.1) is 0 Å². The van der Waals surface area contributed by atoms with Gasteiger partial charge in [0.1, 0.15) is 0 Å². The van der Waals surface area contributed by atoms with Gasteiger partial charge in [-0.3, -0.25) is 4.57 Å². The SMILES string of the molecule is CCc1cccc(P(=O)(O)O)c1.Nc1ccccc1. The van der Waals surface area contributed by atoms with E-state index in [0.29, 0.717) is 0 Å². The van der Waals surface area contributed by atoms with Crippen LogP contribution in [0.3, 0.4) is 0 Å². The van der Waals surface area contributed by atoms with E-state index >= 15 is 0 Å². The average molecular weight is 279 g/mol. The molecule has 0 heterocycles. The summed E-state index contributed by atoms with van der Waals surface area (Å²) in [6.07, 6.45) is 0.786. The monoisotopic (exact) mass is 279 g/mol. The van der Waals surface area contributed by atoms with E-state index in [-0.39, 0.29) is 5.30 Å². The highest BCUT2D eigenvalue weighted by Gasteiger charge is 2.16. The van der Waals surface area contributed by atoms with Crippen molar-refractivity contribution in [1.82, 2.24) is 0 Å². The van der Waals surface area contributed by atoms with Crippen molar-refractivity contribution >= 4 is 18.6 Å². The Balaban J connectivity index is 0.000000218. The second-order valence-corrected chi connectivity index (χ2v) is 5.58. The van der Waals surface area contributed by atoms with Gasteiger partial charge in [0.05, 0.1) is 5.30 Å². The van der Waals surface area contributed by atoms with Gasteiger partial charge in [0, 0.05) is 5.69 Å². The molecule has 0 spiro atoms. The normalized spacial score (nSPS) is 10.5. The maximum absolute atomic E-state index is 10.8. The molecule has 0 saturated heterocycles. The third kappa shape index (κ3) is 5.71. The summed E-state index contributed by atoms with van der Waals surface area (Å²) in [5, 5.41) is 0.0989. The second kappa shape index (κ2) is 7.10. The van der Waals surface area contributed by atoms with Gasteiger partial charge in [0.15, 0.2) is 0 Å². The van der Waals surface area contributed by atoms with Crippen molar-refractivity contribution in [2.75, 3.05) is 5.73 Å². The Morgan fingerprint density at radius 1 is 1.05 bits per heavy atom. The molecule has 0 atom stereocenters. The highest BCUT2D eigenvalue weighted by atomic mass is 31.2. The zero-order chi connectivity index (χ0) is 14.3. The zero-order valence-corrected chi connectivity index (χ0v) is 11.6. The first kappa shape index (κ1) is 15.4. The van der Waals surface area contributed by atoms with Crippen LogP contribution in [0.1, 0.15) is 12.5 Å². The zero-order valence-electron chi connectivity index (χ0n) is 10.7. The molecule has 0 aliphatic rings. The molecule has 19 heavy (non-hydrogen) atoms. The summed E-state index contributed by atoms with van der Waals surface area (Å²) in [5.41, 5.74) is 7.12. The predicted octanol–water partition coefficient (Wildman–Crippen LogP) is 2.32. The molecule has 0 bridgehead atoms. The van der Waals surface area contributed by atoms with Crippen LogP contribution >= 0.6 is 7.60 Å². The summed E-state index contributed by atoms with van der Waals surface area (Å²) >= 11 is 0. The van der Waals surface area contributed by atoms with Gasteiger partial charge in [-0.1, -0.05) is 37.3 Å². The van der Waals surface area contributed by atoms with Crippen LogP contribution in [0, 0.1) is 0 Å². The number of benzene rings is 2. The molecule has 0 unspecified atom stereocenters. The summed E-state index contributed by atoms with van der Waals surface area (Å²) in [7, 11) is -4.06. The smallest absolute Gasteiger partial charge is 0.356 e. The predicted molar refractivity (Wildman–Crippen MR) is 78.4 cm³/mol. The summed E-state index contributed by atoms with van der Waals surface area (Å²) < 4.78 is 10.8. The lowest BCUT2D eigenvalue weighted by atomic mass is 10.2. The fourth-order valence-corrected chi connectivity index (χ4v) is 2.02. The maximum Gasteiger partial charge on any atom is 0.356 e. The van der Waals surface area contributed by atoms with E-state index in [9.17, 15) is 4.57 Å². The van der Waals surface area contributed by atoms with Gasteiger partial charge < -0.3 is 15.5 Å². The number of nitrogens with two attached hydrogens (primary N) is 1. The van der Waals surface area contributed by atoms with E-state index in [2.05, 4.69) is 0 Å². The molecule has 0 aliphatic carbocycles. The van der Waals surface area contributed by atoms with Crippen molar-refractivity contribution < 1.29 is 14.4 Å². The average Bonchev–Trinajstić information content (AvgIpc) is 2.39. The Bertz CT molecular complexity index is 552. The fraction of sp³-hybridized carbons (Fsp3) is 0.143. The van der Waals surface area contributed by atoms with E-state index in [1.165, 1.54) is 6.07 Å². The van der Waals surface area contributed by atoms with Gasteiger partial charge in [0.25, 0.3) is 0 Å². The molecule has 5 heteroatoms. The lowest BCUT2D eigenvalue weighted by Gasteiger charge is -2.04. The summed E-state index contributed by atoms with van der Waals surface area (Å²) in [5.74, 6) is 0. The van der Waals surface area contributed by atoms with Crippen LogP contribution < -0.4 is 11.0 Å². The van der Waals surface area contributed by atoms with Crippen LogP contribution in [-0.2, 0) is 11.0 Å². The fourth-order valence-electron chi connectivity index (χ4n) is 1.41. The highest BCUT2D eigenvalue weighted by Crippen LogP contribution is 2.32. The molecule has 2 aromatic carbocycles. The molecule has 4 N–H and O–H groups in total. The highest BCUT2D eigenvalue weighted by molar-refractivity contribution is 7.60. The lowest BCUT2D eigenvalue weighted by Crippen LogP contribution is -2.03. The Morgan fingerprint density at radius 2 is 1.68 bits per heavy atom. The Hall–Kier alpha value is -1.61. The number of aryl methyl sites for hydroxylation is 1. The minimum Gasteiger partial charge on any atom is -0.399 e. The van der Waals surface area contributed by atoms with Crippen molar-refractivity contribution in [3.05, 3.63) is 60.2 Å². The van der Waals surface area contributed by atoms with Crippen molar-refractivity contribution in [1.29, 1.82) is 0 Å². The Kier molecular flexibility index (Phi) is 5.77. The van der Waals surface area contributed by atoms with Gasteiger partial charge in [-0.05, 0) is 36.2 Å². The van der Waals surface area contributed by atoms with Crippen LogP contribution in [0.15, 0.2) is 54.6 Å². The van der Waals surface area contributed by atoms with Crippen molar-refractivity contribution in [3.8, 4) is 0 Å². The molecule has 0 aliphatic heterocycles. The summed E-state index contributed by atoms with van der Waals surface area (Å²) in [4.78, 5) is 17.6. The number of rotatable bonds is 2. The first-order valence-corrected chi connectivity index (χ1v) is 7.50. The van der Waals surface area contributed by atoms with Crippen LogP contribution in [0.2, 0.25) is 0 Å². The minimum absolute atomic E-state index is 0.0989. The van der Waals surface area contributed by atoms with E-state index < -0.39 is 7.60 Å². The first-order valence-electron chi connectivity index (χ1n) is 5.89. The van der Waals surface area contributed by atoms with Gasteiger partial charge in [0.2, 0.25) is 0 Å². The van der Waals surface area contributed by atoms with Crippen LogP contribution in [0.25, 0.3) is 0 Å². The van der Waals surface area contributed by atoms with Crippen LogP contribution in [0.5, 0.6) is 0 Å². The number of nitrogen functional groups attached to an aromatic ring is 1. The van der Waals surface area contributed by atoms with Crippen molar-refractivity contribution in [2.24, 2.45) is 0 Å². The molecular weight excluding hydrogens is 261 g/mol. The molecule has 0 saturated carbocycles. The standard InChI is InChI=1S/C8H11O3P.C6H7N/c1-2-7-4-3-5-8(6-7)12(9,10)11;7-6-4-2-1-3-5-6/h3-6H,2H2,1H3,(H2,9,10,11);1-5H,7H2. The minimum atomic E-state index is -4.06. The van der Waals surface area contributed by atoms with Gasteiger partial charge in [-0.25, -0.2) is 0 Å². The molecule has 102 valence electrons. The molecule has 0 aromatic heterocycles. The van der Waals surface area contributed by atoms with Crippen molar-refractivity contribution in [2.45, 2.75) is 13.3 Å². The molecule has 4 nitrogen and oxygen atoms in total. The maximum atomic E-state index is 10.8. The number of para-hydroxylation sites is 1. The largest absolute Gasteiger partial charge is 0.399 e. The van der Waals surface area contributed by atoms with E-state index in [1.54, 1.807) is 12.1 Å². The Labute approximate surface area is 113 Å². The van der Waals surface area contributed by atoms with Crippen LogP contribution in [-0.4, -0.2) is 9.79 Å². The summed E-state index contributed by atoms with van der Waals surface area (Å²) in [6.45, 7) is 1.94. The summed E-state index contributed by atoms with van der Waals surface area (Å²) in [6, 6.07) is 16.0. The number of anilines is 1. The van der Waals surface area contributed by atoms with E-state index in [4.69, 9.17) is 15.5 Å². The quantitative estimate of drug-likeness (QED) is 0.582. The molecule has 2 aromatic rings. The number of hydrogen-bond acceptors (Lipinski definition) is 2. The molecule has 2 rings (SSSR count). The number of hydrogen-bond donors (Lipinski definition) is 3. The first-order chi connectivity index (χ1) is 8.93. The third-order valence-corrected chi connectivity index (χ3v) is 3.41. The molecule has 0 radical (unpaired) electrons. The third-order valence-electron chi connectivity index (χ3n) is 2.45.